The zero-order valence-electron chi connectivity index (χ0n) is 12.3. The Balaban J connectivity index is 1.76. The number of sulfonamides is 1. The molecule has 0 unspecified atom stereocenters. The Bertz CT molecular complexity index is 624. The molecular formula is C15H21FN2O2S. The zero-order chi connectivity index (χ0) is 15.1. The molecule has 0 aromatic heterocycles. The first-order valence-electron chi connectivity index (χ1n) is 7.36. The van der Waals surface area contributed by atoms with Crippen LogP contribution in [0.1, 0.15) is 19.3 Å². The predicted molar refractivity (Wildman–Crippen MR) is 78.9 cm³/mol. The summed E-state index contributed by atoms with van der Waals surface area (Å²) in [4.78, 5) is 2.10. The van der Waals surface area contributed by atoms with Crippen molar-refractivity contribution in [2.24, 2.45) is 5.41 Å². The van der Waals surface area contributed by atoms with Crippen LogP contribution in [0.4, 0.5) is 4.39 Å². The Morgan fingerprint density at radius 1 is 1.10 bits per heavy atom. The van der Waals surface area contributed by atoms with Crippen LogP contribution in [-0.4, -0.2) is 50.8 Å². The molecule has 2 heterocycles. The minimum absolute atomic E-state index is 0.204. The van der Waals surface area contributed by atoms with Gasteiger partial charge in [-0.15, -0.1) is 0 Å². The minimum atomic E-state index is -3.71. The van der Waals surface area contributed by atoms with Crippen molar-refractivity contribution in [3.8, 4) is 0 Å². The molecule has 2 aliphatic heterocycles. The average molecular weight is 312 g/mol. The number of benzene rings is 1. The van der Waals surface area contributed by atoms with Gasteiger partial charge in [-0.2, -0.15) is 4.31 Å². The number of rotatable bonds is 2. The molecule has 3 rings (SSSR count). The van der Waals surface area contributed by atoms with Gasteiger partial charge < -0.3 is 4.90 Å². The van der Waals surface area contributed by atoms with Crippen LogP contribution in [0.3, 0.4) is 0 Å². The summed E-state index contributed by atoms with van der Waals surface area (Å²) in [5, 5.41) is 0. The van der Waals surface area contributed by atoms with Gasteiger partial charge in [0, 0.05) is 19.6 Å². The molecule has 21 heavy (non-hydrogen) atoms. The fourth-order valence-electron chi connectivity index (χ4n) is 3.56. The number of halogens is 1. The third kappa shape index (κ3) is 2.72. The third-order valence-electron chi connectivity index (χ3n) is 4.87. The Kier molecular flexibility index (Phi) is 3.80. The standard InChI is InChI=1S/C15H21FN2O2S/c1-17-9-6-15(12-17)7-10-18(11-8-15)21(19,20)14-5-3-2-4-13(14)16/h2-5H,6-12H2,1H3. The molecule has 2 aliphatic rings. The number of piperidine rings is 1. The molecule has 4 nitrogen and oxygen atoms in total. The van der Waals surface area contributed by atoms with Crippen LogP contribution in [0, 0.1) is 11.2 Å². The fourth-order valence-corrected chi connectivity index (χ4v) is 5.07. The van der Waals surface area contributed by atoms with Crippen molar-refractivity contribution in [1.82, 2.24) is 9.21 Å². The van der Waals surface area contributed by atoms with Crippen molar-refractivity contribution in [2.45, 2.75) is 24.2 Å². The first kappa shape index (κ1) is 14.9. The van der Waals surface area contributed by atoms with Gasteiger partial charge in [0.2, 0.25) is 10.0 Å². The highest BCUT2D eigenvalue weighted by atomic mass is 32.2. The van der Waals surface area contributed by atoms with E-state index < -0.39 is 15.8 Å². The van der Waals surface area contributed by atoms with Crippen molar-refractivity contribution in [2.75, 3.05) is 33.2 Å². The van der Waals surface area contributed by atoms with Crippen molar-refractivity contribution in [3.05, 3.63) is 30.1 Å². The molecule has 1 aromatic rings. The molecule has 0 aliphatic carbocycles. The van der Waals surface area contributed by atoms with Gasteiger partial charge in [0.25, 0.3) is 0 Å². The molecule has 0 atom stereocenters. The van der Waals surface area contributed by atoms with Crippen molar-refractivity contribution >= 4 is 10.0 Å². The molecule has 1 spiro atoms. The van der Waals surface area contributed by atoms with Crippen LogP contribution in [0.5, 0.6) is 0 Å². The van der Waals surface area contributed by atoms with Crippen molar-refractivity contribution < 1.29 is 12.8 Å². The monoisotopic (exact) mass is 312 g/mol. The van der Waals surface area contributed by atoms with Gasteiger partial charge in [0.15, 0.2) is 0 Å². The molecule has 0 amide bonds. The topological polar surface area (TPSA) is 40.6 Å². The maximum atomic E-state index is 13.8. The van der Waals surface area contributed by atoms with E-state index in [0.717, 1.165) is 32.4 Å². The normalized spacial score (nSPS) is 23.7. The largest absolute Gasteiger partial charge is 0.306 e. The van der Waals surface area contributed by atoms with Gasteiger partial charge in [-0.05, 0) is 50.4 Å². The lowest BCUT2D eigenvalue weighted by Crippen LogP contribution is -2.44. The van der Waals surface area contributed by atoms with Crippen molar-refractivity contribution in [1.29, 1.82) is 0 Å². The summed E-state index contributed by atoms with van der Waals surface area (Å²) in [5.74, 6) is -0.668. The Labute approximate surface area is 125 Å². The summed E-state index contributed by atoms with van der Waals surface area (Å²) in [6, 6.07) is 5.61. The lowest BCUT2D eigenvalue weighted by molar-refractivity contribution is 0.161. The van der Waals surface area contributed by atoms with E-state index in [4.69, 9.17) is 0 Å². The quantitative estimate of drug-likeness (QED) is 0.838. The van der Waals surface area contributed by atoms with E-state index in [2.05, 4.69) is 11.9 Å². The second kappa shape index (κ2) is 5.34. The molecule has 0 bridgehead atoms. The number of hydrogen-bond donors (Lipinski definition) is 0. The van der Waals surface area contributed by atoms with Crippen LogP contribution in [0.25, 0.3) is 0 Å². The molecule has 6 heteroatoms. The number of hydrogen-bond acceptors (Lipinski definition) is 3. The van der Waals surface area contributed by atoms with Gasteiger partial charge in [-0.25, -0.2) is 12.8 Å². The Morgan fingerprint density at radius 3 is 2.29 bits per heavy atom. The van der Waals surface area contributed by atoms with Crippen LogP contribution in [0.2, 0.25) is 0 Å². The minimum Gasteiger partial charge on any atom is -0.306 e. The third-order valence-corrected chi connectivity index (χ3v) is 6.80. The predicted octanol–water partition coefficient (Wildman–Crippen LogP) is 1.93. The van der Waals surface area contributed by atoms with Crippen LogP contribution in [0.15, 0.2) is 29.2 Å². The maximum Gasteiger partial charge on any atom is 0.245 e. The van der Waals surface area contributed by atoms with Gasteiger partial charge in [-0.1, -0.05) is 12.1 Å². The van der Waals surface area contributed by atoms with Gasteiger partial charge in [-0.3, -0.25) is 0 Å². The second-order valence-corrected chi connectivity index (χ2v) is 8.23. The lowest BCUT2D eigenvalue weighted by atomic mass is 9.78. The van der Waals surface area contributed by atoms with Crippen molar-refractivity contribution in [3.63, 3.8) is 0 Å². The fraction of sp³-hybridized carbons (Fsp3) is 0.600. The van der Waals surface area contributed by atoms with Gasteiger partial charge >= 0.3 is 0 Å². The zero-order valence-corrected chi connectivity index (χ0v) is 13.1. The summed E-state index contributed by atoms with van der Waals surface area (Å²) in [6.07, 6.45) is 2.87. The van der Waals surface area contributed by atoms with Crippen LogP contribution < -0.4 is 0 Å². The smallest absolute Gasteiger partial charge is 0.245 e. The molecule has 0 radical (unpaired) electrons. The number of likely N-dealkylation sites (tertiary alicyclic amines) is 1. The van der Waals surface area contributed by atoms with E-state index in [1.165, 1.54) is 22.5 Å². The van der Waals surface area contributed by atoms with E-state index in [-0.39, 0.29) is 10.3 Å². The van der Waals surface area contributed by atoms with E-state index in [0.29, 0.717) is 13.1 Å². The van der Waals surface area contributed by atoms with E-state index >= 15 is 0 Å². The molecule has 116 valence electrons. The summed E-state index contributed by atoms with van der Waals surface area (Å²) in [5.41, 5.74) is 0.260. The highest BCUT2D eigenvalue weighted by Crippen LogP contribution is 2.40. The molecule has 0 saturated carbocycles. The van der Waals surface area contributed by atoms with Crippen LogP contribution >= 0.6 is 0 Å². The highest BCUT2D eigenvalue weighted by molar-refractivity contribution is 7.89. The molecular weight excluding hydrogens is 291 g/mol. The summed E-state index contributed by atoms with van der Waals surface area (Å²) in [6.45, 7) is 3.11. The summed E-state index contributed by atoms with van der Waals surface area (Å²) >= 11 is 0. The van der Waals surface area contributed by atoms with Gasteiger partial charge in [0.05, 0.1) is 0 Å². The Morgan fingerprint density at radius 2 is 1.71 bits per heavy atom. The van der Waals surface area contributed by atoms with E-state index in [1.807, 2.05) is 0 Å². The number of nitrogens with zero attached hydrogens (tertiary/aromatic N) is 2. The van der Waals surface area contributed by atoms with E-state index in [1.54, 1.807) is 6.07 Å². The summed E-state index contributed by atoms with van der Waals surface area (Å²) < 4.78 is 40.3. The second-order valence-electron chi connectivity index (χ2n) is 6.32. The van der Waals surface area contributed by atoms with Gasteiger partial charge in [0.1, 0.15) is 10.7 Å². The lowest BCUT2D eigenvalue weighted by Gasteiger charge is -2.38. The SMILES string of the molecule is CN1CCC2(CCN(S(=O)(=O)c3ccccc3F)CC2)C1. The summed E-state index contributed by atoms with van der Waals surface area (Å²) in [7, 11) is -1.60. The first-order chi connectivity index (χ1) is 9.93. The first-order valence-corrected chi connectivity index (χ1v) is 8.80. The highest BCUT2D eigenvalue weighted by Gasteiger charge is 2.42. The maximum absolute atomic E-state index is 13.8. The molecule has 2 fully saturated rings. The molecule has 0 N–H and O–H groups in total. The average Bonchev–Trinajstić information content (AvgIpc) is 2.80. The van der Waals surface area contributed by atoms with E-state index in [9.17, 15) is 12.8 Å². The molecule has 2 saturated heterocycles. The molecule has 1 aromatic carbocycles. The Hall–Kier alpha value is -0.980. The van der Waals surface area contributed by atoms with Crippen LogP contribution in [-0.2, 0) is 10.0 Å².